The first kappa shape index (κ1) is 20.2. The average Bonchev–Trinajstić information content (AvgIpc) is 2.77. The molecule has 0 aliphatic carbocycles. The highest BCUT2D eigenvalue weighted by Gasteiger charge is 2.06. The van der Waals surface area contributed by atoms with Gasteiger partial charge in [0.05, 0.1) is 6.61 Å². The summed E-state index contributed by atoms with van der Waals surface area (Å²) in [5.74, 6) is 1.33. The Labute approximate surface area is 171 Å². The smallest absolute Gasteiger partial charge is 0.255 e. The number of carbonyl (C=O) groups excluding carboxylic acids is 1. The van der Waals surface area contributed by atoms with Gasteiger partial charge in [0.1, 0.15) is 18.1 Å². The number of ether oxygens (including phenoxy) is 2. The van der Waals surface area contributed by atoms with E-state index in [0.717, 1.165) is 24.3 Å². The predicted molar refractivity (Wildman–Crippen MR) is 117 cm³/mol. The molecule has 0 unspecified atom stereocenters. The van der Waals surface area contributed by atoms with Crippen LogP contribution in [0.5, 0.6) is 11.5 Å². The van der Waals surface area contributed by atoms with E-state index in [1.807, 2.05) is 42.5 Å². The lowest BCUT2D eigenvalue weighted by Gasteiger charge is -2.09. The Bertz CT molecular complexity index is 903. The minimum Gasteiger partial charge on any atom is -0.494 e. The molecule has 3 aromatic carbocycles. The van der Waals surface area contributed by atoms with Crippen LogP contribution in [0.15, 0.2) is 91.5 Å². The van der Waals surface area contributed by atoms with E-state index in [1.165, 1.54) is 5.56 Å². The van der Waals surface area contributed by atoms with E-state index < -0.39 is 0 Å². The van der Waals surface area contributed by atoms with Gasteiger partial charge in [0.15, 0.2) is 0 Å². The highest BCUT2D eigenvalue weighted by atomic mass is 16.5. The van der Waals surface area contributed by atoms with E-state index in [9.17, 15) is 4.79 Å². The molecule has 1 N–H and O–H groups in total. The number of rotatable bonds is 10. The molecule has 0 saturated heterocycles. The fraction of sp³-hybridized carbons (Fsp3) is 0.160. The summed E-state index contributed by atoms with van der Waals surface area (Å²) in [5, 5.41) is 2.89. The SMILES string of the molecule is C=CCOc1ccc(C(=O)Nc2ccc(OCCCc3ccccc3)cc2)cc1. The van der Waals surface area contributed by atoms with Crippen molar-refractivity contribution in [2.45, 2.75) is 12.8 Å². The number of benzene rings is 3. The molecule has 0 aliphatic rings. The summed E-state index contributed by atoms with van der Waals surface area (Å²) in [6.45, 7) is 4.70. The van der Waals surface area contributed by atoms with Crippen molar-refractivity contribution in [1.82, 2.24) is 0 Å². The number of anilines is 1. The summed E-state index contributed by atoms with van der Waals surface area (Å²) in [7, 11) is 0. The van der Waals surface area contributed by atoms with Crippen molar-refractivity contribution in [3.63, 3.8) is 0 Å². The zero-order valence-corrected chi connectivity index (χ0v) is 16.3. The first-order chi connectivity index (χ1) is 14.2. The molecule has 0 radical (unpaired) electrons. The Balaban J connectivity index is 1.44. The van der Waals surface area contributed by atoms with Crippen LogP contribution < -0.4 is 14.8 Å². The highest BCUT2D eigenvalue weighted by molar-refractivity contribution is 6.04. The molecule has 0 fully saturated rings. The van der Waals surface area contributed by atoms with Crippen LogP contribution >= 0.6 is 0 Å². The largest absolute Gasteiger partial charge is 0.494 e. The van der Waals surface area contributed by atoms with Gasteiger partial charge in [-0.05, 0) is 66.9 Å². The van der Waals surface area contributed by atoms with Gasteiger partial charge in [-0.1, -0.05) is 43.0 Å². The van der Waals surface area contributed by atoms with Crippen LogP contribution in [0.2, 0.25) is 0 Å². The molecule has 29 heavy (non-hydrogen) atoms. The monoisotopic (exact) mass is 387 g/mol. The second-order valence-corrected chi connectivity index (χ2v) is 6.54. The van der Waals surface area contributed by atoms with Crippen molar-refractivity contribution in [2.75, 3.05) is 18.5 Å². The third-order valence-corrected chi connectivity index (χ3v) is 4.32. The Hall–Kier alpha value is -3.53. The number of nitrogens with one attached hydrogen (secondary N) is 1. The van der Waals surface area contributed by atoms with E-state index >= 15 is 0 Å². The van der Waals surface area contributed by atoms with Crippen LogP contribution in [0.25, 0.3) is 0 Å². The van der Waals surface area contributed by atoms with Crippen molar-refractivity contribution in [2.24, 2.45) is 0 Å². The van der Waals surface area contributed by atoms with E-state index in [1.54, 1.807) is 30.3 Å². The summed E-state index contributed by atoms with van der Waals surface area (Å²) < 4.78 is 11.2. The second kappa shape index (κ2) is 10.7. The third-order valence-electron chi connectivity index (χ3n) is 4.32. The number of amides is 1. The fourth-order valence-electron chi connectivity index (χ4n) is 2.81. The molecule has 0 saturated carbocycles. The van der Waals surface area contributed by atoms with Gasteiger partial charge in [-0.15, -0.1) is 0 Å². The summed E-state index contributed by atoms with van der Waals surface area (Å²) >= 11 is 0. The molecule has 148 valence electrons. The fourth-order valence-corrected chi connectivity index (χ4v) is 2.81. The van der Waals surface area contributed by atoms with E-state index in [0.29, 0.717) is 24.5 Å². The zero-order chi connectivity index (χ0) is 20.3. The lowest BCUT2D eigenvalue weighted by atomic mass is 10.1. The maximum atomic E-state index is 12.4. The van der Waals surface area contributed by atoms with Gasteiger partial charge in [0.25, 0.3) is 5.91 Å². The molecule has 0 heterocycles. The van der Waals surface area contributed by atoms with Crippen LogP contribution in [-0.4, -0.2) is 19.1 Å². The van der Waals surface area contributed by atoms with E-state index in [4.69, 9.17) is 9.47 Å². The molecule has 0 spiro atoms. The van der Waals surface area contributed by atoms with Crippen LogP contribution in [-0.2, 0) is 6.42 Å². The number of hydrogen-bond donors (Lipinski definition) is 1. The van der Waals surface area contributed by atoms with Gasteiger partial charge in [-0.3, -0.25) is 4.79 Å². The Morgan fingerprint density at radius 3 is 2.21 bits per heavy atom. The van der Waals surface area contributed by atoms with Gasteiger partial charge in [-0.2, -0.15) is 0 Å². The molecule has 0 aliphatic heterocycles. The number of aryl methyl sites for hydroxylation is 1. The Morgan fingerprint density at radius 1 is 0.862 bits per heavy atom. The van der Waals surface area contributed by atoms with Crippen LogP contribution in [0.3, 0.4) is 0 Å². The minimum absolute atomic E-state index is 0.170. The Morgan fingerprint density at radius 2 is 1.52 bits per heavy atom. The Kier molecular flexibility index (Phi) is 7.47. The normalized spacial score (nSPS) is 10.2. The van der Waals surface area contributed by atoms with Crippen molar-refractivity contribution >= 4 is 11.6 Å². The summed E-state index contributed by atoms with van der Waals surface area (Å²) in [6, 6.07) is 24.8. The molecule has 4 heteroatoms. The summed E-state index contributed by atoms with van der Waals surface area (Å²) in [4.78, 5) is 12.4. The standard InChI is InChI=1S/C25H25NO3/c1-2-18-28-23-14-10-21(11-15-23)25(27)26-22-12-16-24(17-13-22)29-19-6-9-20-7-4-3-5-8-20/h2-5,7-8,10-17H,1,6,9,18-19H2,(H,26,27). The summed E-state index contributed by atoms with van der Waals surface area (Å²) in [6.07, 6.45) is 3.62. The topological polar surface area (TPSA) is 47.6 Å². The zero-order valence-electron chi connectivity index (χ0n) is 16.3. The van der Waals surface area contributed by atoms with Gasteiger partial charge >= 0.3 is 0 Å². The van der Waals surface area contributed by atoms with Crippen molar-refractivity contribution in [1.29, 1.82) is 0 Å². The van der Waals surface area contributed by atoms with Crippen molar-refractivity contribution in [3.8, 4) is 11.5 Å². The van der Waals surface area contributed by atoms with Gasteiger partial charge in [-0.25, -0.2) is 0 Å². The van der Waals surface area contributed by atoms with E-state index in [2.05, 4.69) is 24.0 Å². The number of carbonyl (C=O) groups is 1. The minimum atomic E-state index is -0.170. The van der Waals surface area contributed by atoms with Gasteiger partial charge in [0, 0.05) is 11.3 Å². The highest BCUT2D eigenvalue weighted by Crippen LogP contribution is 2.18. The predicted octanol–water partition coefficient (Wildman–Crippen LogP) is 5.52. The molecule has 0 bridgehead atoms. The van der Waals surface area contributed by atoms with Crippen LogP contribution in [0.4, 0.5) is 5.69 Å². The first-order valence-electron chi connectivity index (χ1n) is 9.66. The average molecular weight is 387 g/mol. The van der Waals surface area contributed by atoms with Crippen LogP contribution in [0.1, 0.15) is 22.3 Å². The maximum Gasteiger partial charge on any atom is 0.255 e. The van der Waals surface area contributed by atoms with Crippen molar-refractivity contribution < 1.29 is 14.3 Å². The first-order valence-corrected chi connectivity index (χ1v) is 9.66. The molecular formula is C25H25NO3. The molecule has 4 nitrogen and oxygen atoms in total. The van der Waals surface area contributed by atoms with Gasteiger partial charge < -0.3 is 14.8 Å². The molecule has 3 rings (SSSR count). The maximum absolute atomic E-state index is 12.4. The molecular weight excluding hydrogens is 362 g/mol. The van der Waals surface area contributed by atoms with Gasteiger partial charge in [0.2, 0.25) is 0 Å². The third kappa shape index (κ3) is 6.54. The number of hydrogen-bond acceptors (Lipinski definition) is 3. The quantitative estimate of drug-likeness (QED) is 0.368. The lowest BCUT2D eigenvalue weighted by Crippen LogP contribution is -2.11. The van der Waals surface area contributed by atoms with E-state index in [-0.39, 0.29) is 5.91 Å². The summed E-state index contributed by atoms with van der Waals surface area (Å²) in [5.41, 5.74) is 2.60. The van der Waals surface area contributed by atoms with Crippen molar-refractivity contribution in [3.05, 3.63) is 103 Å². The molecule has 0 atom stereocenters. The second-order valence-electron chi connectivity index (χ2n) is 6.54. The molecule has 3 aromatic rings. The van der Waals surface area contributed by atoms with Crippen LogP contribution in [0, 0.1) is 0 Å². The lowest BCUT2D eigenvalue weighted by molar-refractivity contribution is 0.102. The molecule has 0 aromatic heterocycles. The molecule has 1 amide bonds.